The predicted octanol–water partition coefficient (Wildman–Crippen LogP) is 4.53. The molecule has 2 heterocycles. The molecule has 1 unspecified atom stereocenters. The molecule has 1 atom stereocenters. The van der Waals surface area contributed by atoms with Crippen LogP contribution in [0.2, 0.25) is 0 Å². The minimum atomic E-state index is 0.102. The highest BCUT2D eigenvalue weighted by Crippen LogP contribution is 2.36. The number of rotatable bonds is 2. The van der Waals surface area contributed by atoms with E-state index in [-0.39, 0.29) is 5.91 Å². The Balaban J connectivity index is 1.73. The number of furan rings is 1. The van der Waals surface area contributed by atoms with Gasteiger partial charge in [0, 0.05) is 24.1 Å². The molecule has 1 aromatic carbocycles. The lowest BCUT2D eigenvalue weighted by Gasteiger charge is -2.20. The third-order valence-electron chi connectivity index (χ3n) is 4.44. The second-order valence-electron chi connectivity index (χ2n) is 6.12. The summed E-state index contributed by atoms with van der Waals surface area (Å²) >= 11 is 1.96. The van der Waals surface area contributed by atoms with Crippen molar-refractivity contribution in [2.75, 3.05) is 18.8 Å². The summed E-state index contributed by atoms with van der Waals surface area (Å²) in [4.78, 5) is 14.7. The van der Waals surface area contributed by atoms with E-state index in [9.17, 15) is 4.79 Å². The van der Waals surface area contributed by atoms with Crippen LogP contribution in [0, 0.1) is 20.8 Å². The fourth-order valence-corrected chi connectivity index (χ4v) is 4.51. The highest BCUT2D eigenvalue weighted by Gasteiger charge is 2.25. The second kappa shape index (κ2) is 6.83. The lowest BCUT2D eigenvalue weighted by molar-refractivity contribution is 0.0765. The summed E-state index contributed by atoms with van der Waals surface area (Å²) in [6.07, 6.45) is 0.997. The number of carbonyl (C=O) groups excluding carboxylic acids is 1. The van der Waals surface area contributed by atoms with E-state index in [1.165, 1.54) is 11.1 Å². The number of aryl methyl sites for hydroxylation is 3. The number of hydrogen-bond acceptors (Lipinski definition) is 3. The zero-order valence-electron chi connectivity index (χ0n) is 14.0. The number of hydrogen-bond donors (Lipinski definition) is 0. The van der Waals surface area contributed by atoms with Gasteiger partial charge in [-0.2, -0.15) is 11.8 Å². The van der Waals surface area contributed by atoms with Crippen molar-refractivity contribution in [3.05, 3.63) is 58.5 Å². The summed E-state index contributed by atoms with van der Waals surface area (Å²) in [6, 6.07) is 10.4. The molecule has 0 bridgehead atoms. The molecule has 3 rings (SSSR count). The van der Waals surface area contributed by atoms with Crippen LogP contribution in [0.15, 0.2) is 34.7 Å². The lowest BCUT2D eigenvalue weighted by Crippen LogP contribution is -2.33. The van der Waals surface area contributed by atoms with Crippen molar-refractivity contribution < 1.29 is 9.21 Å². The SMILES string of the molecule is Cc1cc(C(=O)N2CCSC(c3ccccc3C)CC2)c(C)o1. The number of amides is 1. The van der Waals surface area contributed by atoms with Crippen LogP contribution in [0.1, 0.15) is 44.7 Å². The summed E-state index contributed by atoms with van der Waals surface area (Å²) in [5.74, 6) is 2.60. The largest absolute Gasteiger partial charge is 0.466 e. The van der Waals surface area contributed by atoms with Crippen molar-refractivity contribution in [1.82, 2.24) is 4.90 Å². The highest BCUT2D eigenvalue weighted by atomic mass is 32.2. The van der Waals surface area contributed by atoms with Gasteiger partial charge in [0.25, 0.3) is 5.91 Å². The summed E-state index contributed by atoms with van der Waals surface area (Å²) in [5, 5.41) is 0.473. The van der Waals surface area contributed by atoms with Gasteiger partial charge in [-0.15, -0.1) is 0 Å². The minimum Gasteiger partial charge on any atom is -0.466 e. The Hall–Kier alpha value is -1.68. The van der Waals surface area contributed by atoms with Crippen LogP contribution in [-0.2, 0) is 0 Å². The van der Waals surface area contributed by atoms with Gasteiger partial charge in [0.15, 0.2) is 0 Å². The molecule has 1 saturated heterocycles. The maximum atomic E-state index is 12.8. The maximum absolute atomic E-state index is 12.8. The summed E-state index contributed by atoms with van der Waals surface area (Å²) in [7, 11) is 0. The topological polar surface area (TPSA) is 33.5 Å². The van der Waals surface area contributed by atoms with E-state index >= 15 is 0 Å². The zero-order chi connectivity index (χ0) is 16.4. The molecule has 122 valence electrons. The van der Waals surface area contributed by atoms with Gasteiger partial charge >= 0.3 is 0 Å². The number of nitrogens with zero attached hydrogens (tertiary/aromatic N) is 1. The highest BCUT2D eigenvalue weighted by molar-refractivity contribution is 7.99. The van der Waals surface area contributed by atoms with Crippen molar-refractivity contribution in [2.45, 2.75) is 32.4 Å². The van der Waals surface area contributed by atoms with Gasteiger partial charge in [-0.3, -0.25) is 4.79 Å². The van der Waals surface area contributed by atoms with Crippen molar-refractivity contribution in [3.63, 3.8) is 0 Å². The van der Waals surface area contributed by atoms with Crippen molar-refractivity contribution in [3.8, 4) is 0 Å². The summed E-state index contributed by atoms with van der Waals surface area (Å²) in [6.45, 7) is 7.52. The molecule has 0 saturated carbocycles. The van der Waals surface area contributed by atoms with Crippen LogP contribution >= 0.6 is 11.8 Å². The number of benzene rings is 1. The molecule has 1 aliphatic heterocycles. The van der Waals surface area contributed by atoms with Crippen molar-refractivity contribution in [2.24, 2.45) is 0 Å². The number of thioether (sulfide) groups is 1. The number of carbonyl (C=O) groups is 1. The molecule has 0 N–H and O–H groups in total. The van der Waals surface area contributed by atoms with E-state index in [1.807, 2.05) is 36.6 Å². The molecule has 0 aliphatic carbocycles. The minimum absolute atomic E-state index is 0.102. The van der Waals surface area contributed by atoms with Gasteiger partial charge in [-0.1, -0.05) is 24.3 Å². The molecule has 1 aliphatic rings. The second-order valence-corrected chi connectivity index (χ2v) is 7.43. The van der Waals surface area contributed by atoms with Gasteiger partial charge in [-0.25, -0.2) is 0 Å². The quantitative estimate of drug-likeness (QED) is 0.812. The van der Waals surface area contributed by atoms with Gasteiger partial charge in [-0.05, 0) is 44.4 Å². The average molecular weight is 329 g/mol. The zero-order valence-corrected chi connectivity index (χ0v) is 14.8. The fraction of sp³-hybridized carbons (Fsp3) is 0.421. The third-order valence-corrected chi connectivity index (χ3v) is 5.75. The Morgan fingerprint density at radius 3 is 2.70 bits per heavy atom. The van der Waals surface area contributed by atoms with E-state index < -0.39 is 0 Å². The van der Waals surface area contributed by atoms with Crippen LogP contribution in [0.25, 0.3) is 0 Å². The van der Waals surface area contributed by atoms with E-state index in [2.05, 4.69) is 31.2 Å². The maximum Gasteiger partial charge on any atom is 0.257 e. The van der Waals surface area contributed by atoms with E-state index in [1.54, 1.807) is 0 Å². The first kappa shape index (κ1) is 16.2. The van der Waals surface area contributed by atoms with Gasteiger partial charge < -0.3 is 9.32 Å². The first-order valence-electron chi connectivity index (χ1n) is 8.09. The van der Waals surface area contributed by atoms with E-state index in [0.29, 0.717) is 10.8 Å². The Morgan fingerprint density at radius 1 is 1.22 bits per heavy atom. The normalized spacial score (nSPS) is 18.7. The van der Waals surface area contributed by atoms with Crippen LogP contribution in [-0.4, -0.2) is 29.6 Å². The first-order valence-corrected chi connectivity index (χ1v) is 9.14. The van der Waals surface area contributed by atoms with E-state index in [4.69, 9.17) is 4.42 Å². The Kier molecular flexibility index (Phi) is 4.81. The first-order chi connectivity index (χ1) is 11.1. The molecule has 1 aromatic heterocycles. The molecule has 1 fully saturated rings. The Bertz CT molecular complexity index is 707. The predicted molar refractivity (Wildman–Crippen MR) is 95.1 cm³/mol. The lowest BCUT2D eigenvalue weighted by atomic mass is 10.0. The molecular weight excluding hydrogens is 306 g/mol. The Labute approximate surface area is 142 Å². The van der Waals surface area contributed by atoms with Crippen LogP contribution in [0.3, 0.4) is 0 Å². The standard InChI is InChI=1S/C19H23NO2S/c1-13-6-4-5-7-16(13)18-8-9-20(10-11-23-18)19(21)17-12-14(2)22-15(17)3/h4-7,12,18H,8-11H2,1-3H3. The fourth-order valence-electron chi connectivity index (χ4n) is 3.18. The Morgan fingerprint density at radius 2 is 2.00 bits per heavy atom. The molecule has 1 amide bonds. The smallest absolute Gasteiger partial charge is 0.257 e. The van der Waals surface area contributed by atoms with Gasteiger partial charge in [0.2, 0.25) is 0 Å². The molecule has 2 aromatic rings. The summed E-state index contributed by atoms with van der Waals surface area (Å²) in [5.41, 5.74) is 3.45. The molecular formula is C19H23NO2S. The molecule has 4 heteroatoms. The van der Waals surface area contributed by atoms with Gasteiger partial charge in [0.05, 0.1) is 5.56 Å². The average Bonchev–Trinajstić information content (AvgIpc) is 2.74. The monoisotopic (exact) mass is 329 g/mol. The van der Waals surface area contributed by atoms with Crippen molar-refractivity contribution in [1.29, 1.82) is 0 Å². The summed E-state index contributed by atoms with van der Waals surface area (Å²) < 4.78 is 5.51. The van der Waals surface area contributed by atoms with E-state index in [0.717, 1.165) is 36.8 Å². The van der Waals surface area contributed by atoms with Crippen LogP contribution in [0.5, 0.6) is 0 Å². The molecule has 23 heavy (non-hydrogen) atoms. The van der Waals surface area contributed by atoms with Crippen molar-refractivity contribution >= 4 is 17.7 Å². The van der Waals surface area contributed by atoms with Gasteiger partial charge in [0.1, 0.15) is 11.5 Å². The molecule has 0 radical (unpaired) electrons. The third kappa shape index (κ3) is 3.47. The van der Waals surface area contributed by atoms with Crippen LogP contribution in [0.4, 0.5) is 0 Å². The molecule has 0 spiro atoms. The van der Waals surface area contributed by atoms with Crippen LogP contribution < -0.4 is 0 Å². The molecule has 3 nitrogen and oxygen atoms in total.